The molecule has 2 amide bonds. The van der Waals surface area contributed by atoms with Crippen molar-refractivity contribution in [1.82, 2.24) is 10.2 Å². The minimum Gasteiger partial charge on any atom is -0.484 e. The number of ether oxygens (including phenoxy) is 1. The summed E-state index contributed by atoms with van der Waals surface area (Å²) < 4.78 is 5.64. The molecule has 0 bridgehead atoms. The second-order valence-electron chi connectivity index (χ2n) is 7.10. The Morgan fingerprint density at radius 1 is 1.07 bits per heavy atom. The Kier molecular flexibility index (Phi) is 9.47. The molecular weight excluding hydrogens is 423 g/mol. The Balaban J connectivity index is 2.24. The minimum atomic E-state index is -0.641. The molecule has 0 spiro atoms. The number of hydrogen-bond donors (Lipinski definition) is 1. The molecule has 0 radical (unpaired) electrons. The van der Waals surface area contributed by atoms with Crippen LogP contribution in [0.4, 0.5) is 0 Å². The predicted molar refractivity (Wildman–Crippen MR) is 121 cm³/mol. The van der Waals surface area contributed by atoms with Gasteiger partial charge in [0.1, 0.15) is 11.8 Å². The number of carbonyl (C=O) groups excluding carboxylic acids is 2. The predicted octanol–water partition coefficient (Wildman–Crippen LogP) is 5.09. The summed E-state index contributed by atoms with van der Waals surface area (Å²) in [6, 6.07) is 13.6. The zero-order valence-electron chi connectivity index (χ0n) is 17.5. The second-order valence-corrected chi connectivity index (χ2v) is 7.94. The van der Waals surface area contributed by atoms with Gasteiger partial charge in [0.05, 0.1) is 0 Å². The maximum Gasteiger partial charge on any atom is 0.261 e. The third-order valence-electron chi connectivity index (χ3n) is 4.85. The van der Waals surface area contributed by atoms with Crippen molar-refractivity contribution < 1.29 is 14.3 Å². The highest BCUT2D eigenvalue weighted by molar-refractivity contribution is 6.35. The molecule has 0 heterocycles. The Bertz CT molecular complexity index is 846. The van der Waals surface area contributed by atoms with Crippen LogP contribution in [0.1, 0.15) is 39.2 Å². The largest absolute Gasteiger partial charge is 0.484 e. The van der Waals surface area contributed by atoms with E-state index in [-0.39, 0.29) is 31.0 Å². The maximum atomic E-state index is 13.1. The molecular formula is C23H28Cl2N2O3. The lowest BCUT2D eigenvalue weighted by atomic mass is 10.1. The SMILES string of the molecule is CC[C@H](C(=O)N[C@@H](C)CC)N(Cc1ccc(Cl)cc1Cl)C(=O)COc1ccccc1. The summed E-state index contributed by atoms with van der Waals surface area (Å²) in [6.07, 6.45) is 1.26. The van der Waals surface area contributed by atoms with Crippen molar-refractivity contribution in [2.24, 2.45) is 0 Å². The highest BCUT2D eigenvalue weighted by atomic mass is 35.5. The van der Waals surface area contributed by atoms with Crippen LogP contribution < -0.4 is 10.1 Å². The Hall–Kier alpha value is -2.24. The molecule has 0 aromatic heterocycles. The van der Waals surface area contributed by atoms with E-state index in [4.69, 9.17) is 27.9 Å². The number of rotatable bonds is 10. The van der Waals surface area contributed by atoms with Crippen LogP contribution in [0.3, 0.4) is 0 Å². The van der Waals surface area contributed by atoms with Gasteiger partial charge in [-0.15, -0.1) is 0 Å². The number of amides is 2. The quantitative estimate of drug-likeness (QED) is 0.547. The smallest absolute Gasteiger partial charge is 0.261 e. The van der Waals surface area contributed by atoms with E-state index < -0.39 is 6.04 Å². The molecule has 2 atom stereocenters. The van der Waals surface area contributed by atoms with E-state index in [9.17, 15) is 9.59 Å². The standard InChI is InChI=1S/C23H28Cl2N2O3/c1-4-16(3)26-23(29)21(5-2)27(14-17-11-12-18(24)13-20(17)25)22(28)15-30-19-9-7-6-8-10-19/h6-13,16,21H,4-5,14-15H2,1-3H3,(H,26,29)/t16-,21+/m0/s1. The lowest BCUT2D eigenvalue weighted by Gasteiger charge is -2.31. The van der Waals surface area contributed by atoms with Gasteiger partial charge in [-0.2, -0.15) is 0 Å². The van der Waals surface area contributed by atoms with Gasteiger partial charge < -0.3 is 15.0 Å². The summed E-state index contributed by atoms with van der Waals surface area (Å²) in [5.41, 5.74) is 0.712. The van der Waals surface area contributed by atoms with Crippen LogP contribution in [-0.4, -0.2) is 35.4 Å². The van der Waals surface area contributed by atoms with Crippen molar-refractivity contribution >= 4 is 35.0 Å². The van der Waals surface area contributed by atoms with Crippen molar-refractivity contribution in [3.05, 3.63) is 64.1 Å². The van der Waals surface area contributed by atoms with Crippen molar-refractivity contribution in [2.75, 3.05) is 6.61 Å². The van der Waals surface area contributed by atoms with Crippen LogP contribution in [0, 0.1) is 0 Å². The van der Waals surface area contributed by atoms with E-state index in [1.807, 2.05) is 39.0 Å². The maximum absolute atomic E-state index is 13.1. The average molecular weight is 451 g/mol. The van der Waals surface area contributed by atoms with Crippen LogP contribution >= 0.6 is 23.2 Å². The number of para-hydroxylation sites is 1. The first-order valence-electron chi connectivity index (χ1n) is 10.1. The third kappa shape index (κ3) is 6.92. The summed E-state index contributed by atoms with van der Waals surface area (Å²) >= 11 is 12.3. The number of nitrogens with one attached hydrogen (secondary N) is 1. The van der Waals surface area contributed by atoms with Crippen LogP contribution in [0.5, 0.6) is 5.75 Å². The van der Waals surface area contributed by atoms with E-state index in [2.05, 4.69) is 5.32 Å². The van der Waals surface area contributed by atoms with Crippen molar-refractivity contribution in [2.45, 2.75) is 52.2 Å². The monoisotopic (exact) mass is 450 g/mol. The number of benzene rings is 2. The summed E-state index contributed by atoms with van der Waals surface area (Å²) in [5.74, 6) is 0.105. The van der Waals surface area contributed by atoms with Gasteiger partial charge in [0.2, 0.25) is 5.91 Å². The van der Waals surface area contributed by atoms with Gasteiger partial charge in [0, 0.05) is 22.6 Å². The molecule has 2 aromatic rings. The van der Waals surface area contributed by atoms with Gasteiger partial charge in [-0.05, 0) is 49.6 Å². The summed E-state index contributed by atoms with van der Waals surface area (Å²) in [4.78, 5) is 27.5. The molecule has 0 fully saturated rings. The molecule has 0 saturated heterocycles. The zero-order valence-corrected chi connectivity index (χ0v) is 19.0. The number of nitrogens with zero attached hydrogens (tertiary/aromatic N) is 1. The molecule has 0 aliphatic carbocycles. The average Bonchev–Trinajstić information content (AvgIpc) is 2.74. The fourth-order valence-corrected chi connectivity index (χ4v) is 3.41. The minimum absolute atomic E-state index is 0.0168. The Morgan fingerprint density at radius 3 is 2.37 bits per heavy atom. The molecule has 1 N–H and O–H groups in total. The summed E-state index contributed by atoms with van der Waals surface area (Å²) in [7, 11) is 0. The first kappa shape index (κ1) is 24.0. The number of carbonyl (C=O) groups is 2. The van der Waals surface area contributed by atoms with E-state index >= 15 is 0 Å². The fourth-order valence-electron chi connectivity index (χ4n) is 2.94. The van der Waals surface area contributed by atoms with Gasteiger partial charge in [-0.25, -0.2) is 0 Å². The highest BCUT2D eigenvalue weighted by Crippen LogP contribution is 2.24. The van der Waals surface area contributed by atoms with Gasteiger partial charge in [-0.3, -0.25) is 9.59 Å². The zero-order chi connectivity index (χ0) is 22.1. The highest BCUT2D eigenvalue weighted by Gasteiger charge is 2.30. The fraction of sp³-hybridized carbons (Fsp3) is 0.391. The van der Waals surface area contributed by atoms with Crippen molar-refractivity contribution in [3.8, 4) is 5.75 Å². The first-order chi connectivity index (χ1) is 14.3. The van der Waals surface area contributed by atoms with Crippen molar-refractivity contribution in [1.29, 1.82) is 0 Å². The Morgan fingerprint density at radius 2 is 1.77 bits per heavy atom. The van der Waals surface area contributed by atoms with E-state index in [0.29, 0.717) is 27.8 Å². The molecule has 0 saturated carbocycles. The van der Waals surface area contributed by atoms with Gasteiger partial charge in [0.25, 0.3) is 5.91 Å². The summed E-state index contributed by atoms with van der Waals surface area (Å²) in [5, 5.41) is 3.93. The normalized spacial score (nSPS) is 12.7. The van der Waals surface area contributed by atoms with Gasteiger partial charge >= 0.3 is 0 Å². The first-order valence-corrected chi connectivity index (χ1v) is 10.8. The van der Waals surface area contributed by atoms with Crippen molar-refractivity contribution in [3.63, 3.8) is 0 Å². The molecule has 0 aliphatic rings. The molecule has 0 aliphatic heterocycles. The summed E-state index contributed by atoms with van der Waals surface area (Å²) in [6.45, 7) is 5.81. The van der Waals surface area contributed by atoms with Crippen LogP contribution in [-0.2, 0) is 16.1 Å². The molecule has 0 unspecified atom stereocenters. The molecule has 30 heavy (non-hydrogen) atoms. The molecule has 5 nitrogen and oxygen atoms in total. The van der Waals surface area contributed by atoms with Crippen LogP contribution in [0.25, 0.3) is 0 Å². The Labute approximate surface area is 188 Å². The number of hydrogen-bond acceptors (Lipinski definition) is 3. The van der Waals surface area contributed by atoms with Crippen LogP contribution in [0.15, 0.2) is 48.5 Å². The van der Waals surface area contributed by atoms with Gasteiger partial charge in [0.15, 0.2) is 6.61 Å². The van der Waals surface area contributed by atoms with E-state index in [0.717, 1.165) is 6.42 Å². The lowest BCUT2D eigenvalue weighted by molar-refractivity contribution is -0.143. The molecule has 2 rings (SSSR count). The van der Waals surface area contributed by atoms with Gasteiger partial charge in [-0.1, -0.05) is 61.3 Å². The van der Waals surface area contributed by atoms with Crippen LogP contribution in [0.2, 0.25) is 10.0 Å². The van der Waals surface area contributed by atoms with E-state index in [1.165, 1.54) is 4.90 Å². The molecule has 162 valence electrons. The number of halogens is 2. The second kappa shape index (κ2) is 11.8. The third-order valence-corrected chi connectivity index (χ3v) is 5.44. The topological polar surface area (TPSA) is 58.6 Å². The molecule has 2 aromatic carbocycles. The lowest BCUT2D eigenvalue weighted by Crippen LogP contribution is -2.51. The van der Waals surface area contributed by atoms with E-state index in [1.54, 1.807) is 30.3 Å². The molecule has 7 heteroatoms.